The van der Waals surface area contributed by atoms with E-state index in [1.807, 2.05) is 6.19 Å². The molecule has 2 aliphatic carbocycles. The number of aromatic hydroxyl groups is 1. The van der Waals surface area contributed by atoms with Crippen molar-refractivity contribution in [2.75, 3.05) is 0 Å². The van der Waals surface area contributed by atoms with Gasteiger partial charge in [-0.2, -0.15) is 5.26 Å². The number of ether oxygens (including phenoxy) is 4. The van der Waals surface area contributed by atoms with Crippen molar-refractivity contribution in [3.8, 4) is 11.9 Å². The Morgan fingerprint density at radius 1 is 0.930 bits per heavy atom. The highest BCUT2D eigenvalue weighted by Gasteiger charge is 2.63. The van der Waals surface area contributed by atoms with Crippen LogP contribution in [-0.2, 0) is 38.1 Å². The number of ketones is 2. The number of nitriles is 1. The first-order chi connectivity index (χ1) is 20.1. The summed E-state index contributed by atoms with van der Waals surface area (Å²) < 4.78 is 23.6. The second-order valence-corrected chi connectivity index (χ2v) is 11.1. The van der Waals surface area contributed by atoms with Crippen LogP contribution in [-0.4, -0.2) is 56.8 Å². The van der Waals surface area contributed by atoms with Crippen LogP contribution in [0.15, 0.2) is 18.2 Å². The summed E-state index contributed by atoms with van der Waals surface area (Å²) in [6.07, 6.45) is -3.36. The van der Waals surface area contributed by atoms with Crippen LogP contribution < -0.4 is 0 Å². The van der Waals surface area contributed by atoms with Crippen LogP contribution in [0.5, 0.6) is 5.75 Å². The average Bonchev–Trinajstić information content (AvgIpc) is 3.26. The zero-order valence-electron chi connectivity index (χ0n) is 24.5. The summed E-state index contributed by atoms with van der Waals surface area (Å²) in [5.41, 5.74) is -4.15. The summed E-state index contributed by atoms with van der Waals surface area (Å²) >= 11 is 0. The molecule has 1 aromatic carbocycles. The van der Waals surface area contributed by atoms with Crippen LogP contribution in [0.3, 0.4) is 0 Å². The molecule has 0 bridgehead atoms. The number of benzene rings is 1. The number of fused-ring (bicyclic) bond motifs is 4. The number of carbonyl (C=O) groups excluding carboxylic acids is 6. The van der Waals surface area contributed by atoms with E-state index >= 15 is 0 Å². The lowest BCUT2D eigenvalue weighted by molar-refractivity contribution is -0.237. The second kappa shape index (κ2) is 11.0. The second-order valence-electron chi connectivity index (χ2n) is 11.1. The van der Waals surface area contributed by atoms with E-state index in [0.29, 0.717) is 0 Å². The minimum Gasteiger partial charge on any atom is -0.507 e. The SMILES string of the molecule is CC(=O)OC1c2c3c(n(C#N)c2C(OC(=O)C(C)C)C(C)(OC(=O)C(C)C)C1OC(C)=O)C(=O)c1c(O)cccc1C3=O. The van der Waals surface area contributed by atoms with Gasteiger partial charge in [-0.1, -0.05) is 39.8 Å². The lowest BCUT2D eigenvalue weighted by Gasteiger charge is -2.47. The van der Waals surface area contributed by atoms with Crippen LogP contribution in [0.25, 0.3) is 0 Å². The van der Waals surface area contributed by atoms with E-state index in [1.165, 1.54) is 52.8 Å². The minimum atomic E-state index is -2.15. The van der Waals surface area contributed by atoms with Gasteiger partial charge in [-0.3, -0.25) is 28.8 Å². The van der Waals surface area contributed by atoms with E-state index in [0.717, 1.165) is 18.4 Å². The lowest BCUT2D eigenvalue weighted by Crippen LogP contribution is -2.58. The maximum Gasteiger partial charge on any atom is 0.309 e. The number of carbonyl (C=O) groups is 6. The molecule has 2 aliphatic rings. The van der Waals surface area contributed by atoms with Crippen LogP contribution in [0.4, 0.5) is 0 Å². The van der Waals surface area contributed by atoms with Crippen molar-refractivity contribution in [3.05, 3.63) is 51.8 Å². The van der Waals surface area contributed by atoms with Crippen molar-refractivity contribution < 1.29 is 52.8 Å². The van der Waals surface area contributed by atoms with Gasteiger partial charge in [0, 0.05) is 25.0 Å². The lowest BCUT2D eigenvalue weighted by atomic mass is 9.74. The summed E-state index contributed by atoms with van der Waals surface area (Å²) in [6, 6.07) is 3.84. The van der Waals surface area contributed by atoms with E-state index < -0.39 is 82.6 Å². The fourth-order valence-corrected chi connectivity index (χ4v) is 5.33. The van der Waals surface area contributed by atoms with Gasteiger partial charge in [0.15, 0.2) is 35.9 Å². The number of hydrogen-bond donors (Lipinski definition) is 1. The first-order valence-corrected chi connectivity index (χ1v) is 13.4. The minimum absolute atomic E-state index is 0.198. The average molecular weight is 595 g/mol. The van der Waals surface area contributed by atoms with Crippen LogP contribution >= 0.6 is 0 Å². The Kier molecular flexibility index (Phi) is 7.93. The molecular formula is C30H30N2O11. The fourth-order valence-electron chi connectivity index (χ4n) is 5.33. The maximum atomic E-state index is 14.0. The fraction of sp³-hybridized carbons (Fsp3) is 0.433. The summed E-state index contributed by atoms with van der Waals surface area (Å²) in [5, 5.41) is 20.9. The summed E-state index contributed by atoms with van der Waals surface area (Å²) in [5.74, 6) is -7.18. The largest absolute Gasteiger partial charge is 0.507 e. The third-order valence-corrected chi connectivity index (χ3v) is 7.28. The Morgan fingerprint density at radius 3 is 2.07 bits per heavy atom. The highest BCUT2D eigenvalue weighted by atomic mass is 16.6. The highest BCUT2D eigenvalue weighted by molar-refractivity contribution is 6.29. The number of aromatic nitrogens is 1. The number of rotatable bonds is 6. The monoisotopic (exact) mass is 594 g/mol. The Balaban J connectivity index is 2.19. The van der Waals surface area contributed by atoms with Gasteiger partial charge in [0.25, 0.3) is 0 Å². The Hall–Kier alpha value is -4.99. The van der Waals surface area contributed by atoms with E-state index in [4.69, 9.17) is 18.9 Å². The third-order valence-electron chi connectivity index (χ3n) is 7.28. The highest BCUT2D eigenvalue weighted by Crippen LogP contribution is 2.54. The molecule has 0 amide bonds. The quantitative estimate of drug-likeness (QED) is 0.325. The van der Waals surface area contributed by atoms with Crippen molar-refractivity contribution in [2.24, 2.45) is 11.8 Å². The number of nitrogens with zero attached hydrogens (tertiary/aromatic N) is 2. The van der Waals surface area contributed by atoms with Crippen molar-refractivity contribution in [1.29, 1.82) is 5.26 Å². The molecule has 13 heteroatoms. The third kappa shape index (κ3) is 4.92. The summed E-state index contributed by atoms with van der Waals surface area (Å²) in [4.78, 5) is 78.9. The number of phenolic OH excluding ortho intramolecular Hbond substituents is 1. The Morgan fingerprint density at radius 2 is 1.53 bits per heavy atom. The molecule has 4 atom stereocenters. The van der Waals surface area contributed by atoms with E-state index in [-0.39, 0.29) is 27.9 Å². The van der Waals surface area contributed by atoms with E-state index in [1.54, 1.807) is 0 Å². The van der Waals surface area contributed by atoms with Gasteiger partial charge in [-0.25, -0.2) is 4.57 Å². The zero-order chi connectivity index (χ0) is 32.1. The van der Waals surface area contributed by atoms with Gasteiger partial charge < -0.3 is 24.1 Å². The van der Waals surface area contributed by atoms with Gasteiger partial charge in [0.05, 0.1) is 28.7 Å². The van der Waals surface area contributed by atoms with Crippen molar-refractivity contribution in [3.63, 3.8) is 0 Å². The van der Waals surface area contributed by atoms with Crippen molar-refractivity contribution in [2.45, 2.75) is 72.4 Å². The topological polar surface area (TPSA) is 188 Å². The summed E-state index contributed by atoms with van der Waals surface area (Å²) in [6.45, 7) is 9.46. The molecule has 0 radical (unpaired) electrons. The number of hydrogen-bond acceptors (Lipinski definition) is 12. The van der Waals surface area contributed by atoms with Gasteiger partial charge >= 0.3 is 23.9 Å². The first kappa shape index (κ1) is 31.0. The molecule has 43 heavy (non-hydrogen) atoms. The molecule has 1 heterocycles. The molecule has 0 fully saturated rings. The molecule has 2 aromatic rings. The molecule has 0 saturated carbocycles. The number of esters is 4. The molecular weight excluding hydrogens is 564 g/mol. The van der Waals surface area contributed by atoms with Crippen LogP contribution in [0, 0.1) is 23.3 Å². The molecule has 0 spiro atoms. The van der Waals surface area contributed by atoms with E-state index in [2.05, 4.69) is 0 Å². The van der Waals surface area contributed by atoms with E-state index in [9.17, 15) is 39.1 Å². The Bertz CT molecular complexity index is 1630. The molecule has 0 aliphatic heterocycles. The first-order valence-electron chi connectivity index (χ1n) is 13.4. The smallest absolute Gasteiger partial charge is 0.309 e. The van der Waals surface area contributed by atoms with Gasteiger partial charge in [-0.05, 0) is 13.0 Å². The number of phenols is 1. The predicted octanol–water partition coefficient (Wildman–Crippen LogP) is 3.05. The van der Waals surface area contributed by atoms with Crippen LogP contribution in [0.1, 0.15) is 104 Å². The van der Waals surface area contributed by atoms with Crippen molar-refractivity contribution >= 4 is 35.4 Å². The van der Waals surface area contributed by atoms with Gasteiger partial charge in [-0.15, -0.1) is 0 Å². The molecule has 4 unspecified atom stereocenters. The Labute approximate surface area is 246 Å². The maximum absolute atomic E-state index is 14.0. The van der Waals surface area contributed by atoms with Crippen molar-refractivity contribution in [1.82, 2.24) is 4.57 Å². The van der Waals surface area contributed by atoms with Gasteiger partial charge in [0.2, 0.25) is 5.78 Å². The molecule has 4 rings (SSSR count). The van der Waals surface area contributed by atoms with Gasteiger partial charge in [0.1, 0.15) is 11.4 Å². The predicted molar refractivity (Wildman–Crippen MR) is 143 cm³/mol. The summed E-state index contributed by atoms with van der Waals surface area (Å²) in [7, 11) is 0. The zero-order valence-corrected chi connectivity index (χ0v) is 24.5. The molecule has 13 nitrogen and oxygen atoms in total. The molecule has 0 saturated heterocycles. The molecule has 1 aromatic heterocycles. The van der Waals surface area contributed by atoms with Crippen LogP contribution in [0.2, 0.25) is 0 Å². The molecule has 1 N–H and O–H groups in total. The molecule has 226 valence electrons. The normalized spacial score (nSPS) is 22.2. The standard InChI is InChI=1S/C30H30N2O11/c1-12(2)28(38)42-26-22-20(19-21(32(22)11-31)24(37)18-16(23(19)36)9-8-10-17(18)35)25(40-14(5)33)27(41-15(6)34)30(26,7)43-29(39)13(3)4/h8-10,12-13,25-27,35H,1-7H3.